The highest BCUT2D eigenvalue weighted by atomic mass is 127. The molecule has 2 aliphatic rings. The Bertz CT molecular complexity index is 853. The second kappa shape index (κ2) is 9.17. The first-order valence-corrected chi connectivity index (χ1v) is 11.9. The third kappa shape index (κ3) is 4.38. The standard InChI is InChI=1S/C25H30INO2/c1-3-18-9-10-19(15-22(18)26)21-16-20-11-12-23(27(20)2)24(21)25(28)29-14-13-17-7-5-4-6-8-17/h4-10,15,20-21,23-24H,3,11-14,16H2,1-2H3/t20-,21-,23?,24?/m1/s1. The Morgan fingerprint density at radius 1 is 1.17 bits per heavy atom. The zero-order valence-electron chi connectivity index (χ0n) is 17.3. The molecule has 0 amide bonds. The van der Waals surface area contributed by atoms with Crippen molar-refractivity contribution < 1.29 is 9.53 Å². The molecular weight excluding hydrogens is 473 g/mol. The number of nitrogens with zero attached hydrogens (tertiary/aromatic N) is 1. The molecular formula is C25H30INO2. The van der Waals surface area contributed by atoms with Crippen LogP contribution in [0.1, 0.15) is 48.8 Å². The third-order valence-corrected chi connectivity index (χ3v) is 7.91. The number of piperidine rings is 1. The molecule has 0 radical (unpaired) electrons. The molecule has 2 saturated heterocycles. The van der Waals surface area contributed by atoms with Gasteiger partial charge < -0.3 is 4.74 Å². The summed E-state index contributed by atoms with van der Waals surface area (Å²) in [7, 11) is 2.19. The predicted molar refractivity (Wildman–Crippen MR) is 125 cm³/mol. The fourth-order valence-corrected chi connectivity index (χ4v) is 6.14. The van der Waals surface area contributed by atoms with E-state index in [9.17, 15) is 4.79 Å². The molecule has 2 fully saturated rings. The number of ether oxygens (including phenoxy) is 1. The topological polar surface area (TPSA) is 29.5 Å². The van der Waals surface area contributed by atoms with Crippen LogP contribution in [0.5, 0.6) is 0 Å². The third-order valence-electron chi connectivity index (χ3n) is 6.91. The minimum Gasteiger partial charge on any atom is -0.465 e. The van der Waals surface area contributed by atoms with Gasteiger partial charge in [-0.1, -0.05) is 49.4 Å². The number of aryl methyl sites for hydroxylation is 1. The molecule has 154 valence electrons. The van der Waals surface area contributed by atoms with Crippen LogP contribution in [0.4, 0.5) is 0 Å². The fourth-order valence-electron chi connectivity index (χ4n) is 5.22. The maximum Gasteiger partial charge on any atom is 0.311 e. The van der Waals surface area contributed by atoms with E-state index in [4.69, 9.17) is 4.74 Å². The maximum atomic E-state index is 13.3. The summed E-state index contributed by atoms with van der Waals surface area (Å²) in [4.78, 5) is 15.7. The molecule has 2 aliphatic heterocycles. The normalized spacial score (nSPS) is 26.4. The molecule has 2 aromatic carbocycles. The van der Waals surface area contributed by atoms with E-state index in [-0.39, 0.29) is 17.8 Å². The Kier molecular flexibility index (Phi) is 6.60. The highest BCUT2D eigenvalue weighted by molar-refractivity contribution is 14.1. The highest BCUT2D eigenvalue weighted by Gasteiger charge is 2.49. The second-order valence-corrected chi connectivity index (χ2v) is 9.60. The van der Waals surface area contributed by atoms with Gasteiger partial charge in [0.25, 0.3) is 0 Å². The zero-order valence-corrected chi connectivity index (χ0v) is 19.5. The number of halogens is 1. The molecule has 2 bridgehead atoms. The molecule has 0 aliphatic carbocycles. The van der Waals surface area contributed by atoms with Gasteiger partial charge in [-0.3, -0.25) is 9.69 Å². The molecule has 29 heavy (non-hydrogen) atoms. The van der Waals surface area contributed by atoms with E-state index >= 15 is 0 Å². The summed E-state index contributed by atoms with van der Waals surface area (Å²) in [5.41, 5.74) is 3.90. The fraction of sp³-hybridized carbons (Fsp3) is 0.480. The second-order valence-electron chi connectivity index (χ2n) is 8.44. The van der Waals surface area contributed by atoms with Crippen molar-refractivity contribution in [3.63, 3.8) is 0 Å². The molecule has 4 heteroatoms. The lowest BCUT2D eigenvalue weighted by Gasteiger charge is -2.42. The monoisotopic (exact) mass is 503 g/mol. The number of carbonyl (C=O) groups excluding carboxylic acids is 1. The molecule has 2 unspecified atom stereocenters. The van der Waals surface area contributed by atoms with Gasteiger partial charge in [0.2, 0.25) is 0 Å². The molecule has 2 aromatic rings. The van der Waals surface area contributed by atoms with Crippen molar-refractivity contribution in [3.8, 4) is 0 Å². The van der Waals surface area contributed by atoms with E-state index in [1.165, 1.54) is 26.7 Å². The largest absolute Gasteiger partial charge is 0.465 e. The summed E-state index contributed by atoms with van der Waals surface area (Å²) < 4.78 is 7.15. The van der Waals surface area contributed by atoms with Crippen LogP contribution < -0.4 is 0 Å². The number of rotatable bonds is 6. The van der Waals surface area contributed by atoms with Crippen LogP contribution in [-0.2, 0) is 22.4 Å². The van der Waals surface area contributed by atoms with E-state index < -0.39 is 0 Å². The summed E-state index contributed by atoms with van der Waals surface area (Å²) >= 11 is 2.44. The van der Waals surface area contributed by atoms with Crippen molar-refractivity contribution in [1.82, 2.24) is 4.90 Å². The Morgan fingerprint density at radius 3 is 2.69 bits per heavy atom. The van der Waals surface area contributed by atoms with Crippen molar-refractivity contribution in [2.75, 3.05) is 13.7 Å². The van der Waals surface area contributed by atoms with Crippen LogP contribution >= 0.6 is 22.6 Å². The van der Waals surface area contributed by atoms with Gasteiger partial charge in [0, 0.05) is 28.0 Å². The van der Waals surface area contributed by atoms with Gasteiger partial charge in [-0.15, -0.1) is 0 Å². The predicted octanol–water partition coefficient (Wildman–Crippen LogP) is 5.21. The Hall–Kier alpha value is -1.40. The van der Waals surface area contributed by atoms with Crippen LogP contribution in [-0.4, -0.2) is 36.6 Å². The number of hydrogen-bond donors (Lipinski definition) is 0. The van der Waals surface area contributed by atoms with Gasteiger partial charge in [-0.25, -0.2) is 0 Å². The summed E-state index contributed by atoms with van der Waals surface area (Å²) in [6.45, 7) is 2.65. The Labute approximate surface area is 188 Å². The highest BCUT2D eigenvalue weighted by Crippen LogP contribution is 2.47. The van der Waals surface area contributed by atoms with E-state index in [0.29, 0.717) is 18.7 Å². The molecule has 4 atom stereocenters. The average molecular weight is 503 g/mol. The summed E-state index contributed by atoms with van der Waals surface area (Å²) in [6.07, 6.45) is 5.15. The van der Waals surface area contributed by atoms with Gasteiger partial charge in [0.15, 0.2) is 0 Å². The number of carbonyl (C=O) groups is 1. The van der Waals surface area contributed by atoms with Crippen LogP contribution in [0.15, 0.2) is 48.5 Å². The lowest BCUT2D eigenvalue weighted by atomic mass is 9.76. The quantitative estimate of drug-likeness (QED) is 0.401. The first-order chi connectivity index (χ1) is 14.1. The number of hydrogen-bond acceptors (Lipinski definition) is 3. The molecule has 0 N–H and O–H groups in total. The minimum absolute atomic E-state index is 0.0160. The molecule has 0 spiro atoms. The van der Waals surface area contributed by atoms with Gasteiger partial charge in [0.05, 0.1) is 12.5 Å². The lowest BCUT2D eigenvalue weighted by molar-refractivity contribution is -0.153. The molecule has 2 heterocycles. The van der Waals surface area contributed by atoms with Crippen LogP contribution in [0.2, 0.25) is 0 Å². The van der Waals surface area contributed by atoms with E-state index in [2.05, 4.69) is 71.8 Å². The molecule has 3 nitrogen and oxygen atoms in total. The SMILES string of the molecule is CCc1ccc([C@H]2C[C@H]3CCC(C2C(=O)OCCc2ccccc2)N3C)cc1I. The molecule has 0 aromatic heterocycles. The van der Waals surface area contributed by atoms with Crippen molar-refractivity contribution in [3.05, 3.63) is 68.8 Å². The van der Waals surface area contributed by atoms with Gasteiger partial charge in [-0.2, -0.15) is 0 Å². The average Bonchev–Trinajstić information content (AvgIpc) is 2.96. The smallest absolute Gasteiger partial charge is 0.311 e. The van der Waals surface area contributed by atoms with Crippen LogP contribution in [0.3, 0.4) is 0 Å². The Balaban J connectivity index is 1.52. The van der Waals surface area contributed by atoms with E-state index in [1.54, 1.807) is 0 Å². The van der Waals surface area contributed by atoms with Crippen LogP contribution in [0, 0.1) is 9.49 Å². The minimum atomic E-state index is -0.0715. The van der Waals surface area contributed by atoms with Crippen molar-refractivity contribution in [2.45, 2.75) is 57.0 Å². The van der Waals surface area contributed by atoms with E-state index in [0.717, 1.165) is 25.7 Å². The first-order valence-electron chi connectivity index (χ1n) is 10.8. The van der Waals surface area contributed by atoms with E-state index in [1.807, 2.05) is 18.2 Å². The van der Waals surface area contributed by atoms with Gasteiger partial charge >= 0.3 is 5.97 Å². The van der Waals surface area contributed by atoms with Crippen molar-refractivity contribution in [2.24, 2.45) is 5.92 Å². The van der Waals surface area contributed by atoms with Crippen LogP contribution in [0.25, 0.3) is 0 Å². The van der Waals surface area contributed by atoms with Gasteiger partial charge in [0.1, 0.15) is 0 Å². The number of fused-ring (bicyclic) bond motifs is 2. The van der Waals surface area contributed by atoms with Gasteiger partial charge in [-0.05, 0) is 78.1 Å². The lowest BCUT2D eigenvalue weighted by Crippen LogP contribution is -2.49. The molecule has 4 rings (SSSR count). The van der Waals surface area contributed by atoms with Crippen molar-refractivity contribution >= 4 is 28.6 Å². The van der Waals surface area contributed by atoms with Crippen molar-refractivity contribution in [1.29, 1.82) is 0 Å². The summed E-state index contributed by atoms with van der Waals surface area (Å²) in [5.74, 6) is 0.169. The maximum absolute atomic E-state index is 13.3. The number of benzene rings is 2. The summed E-state index contributed by atoms with van der Waals surface area (Å²) in [6, 6.07) is 17.9. The first kappa shape index (κ1) is 20.9. The number of esters is 1. The molecule has 0 saturated carbocycles. The Morgan fingerprint density at radius 2 is 1.97 bits per heavy atom. The summed E-state index contributed by atoms with van der Waals surface area (Å²) in [5, 5.41) is 0. The zero-order chi connectivity index (χ0) is 20.4.